The number of hydrogen-bond acceptors (Lipinski definition) is 7. The number of carbonyl (C=O) groups is 1. The maximum absolute atomic E-state index is 13.1. The molecule has 1 aliphatic rings. The van der Waals surface area contributed by atoms with Gasteiger partial charge in [0.1, 0.15) is 57.9 Å². The summed E-state index contributed by atoms with van der Waals surface area (Å²) in [6.07, 6.45) is 5.45. The van der Waals surface area contributed by atoms with Gasteiger partial charge in [-0.2, -0.15) is 0 Å². The number of fused-ring (bicyclic) bond motifs is 1. The Labute approximate surface area is 289 Å². The number of ether oxygens (including phenoxy) is 2. The molecule has 11 heteroatoms. The number of aromatic nitrogens is 2. The van der Waals surface area contributed by atoms with Gasteiger partial charge in [0, 0.05) is 62.1 Å². The first-order valence-corrected chi connectivity index (χ1v) is 17.3. The van der Waals surface area contributed by atoms with E-state index in [1.807, 2.05) is 80.4 Å². The molecule has 1 amide bonds. The molecule has 3 heterocycles. The van der Waals surface area contributed by atoms with E-state index in [9.17, 15) is 9.59 Å². The second-order valence-corrected chi connectivity index (χ2v) is 14.8. The van der Waals surface area contributed by atoms with Crippen LogP contribution in [-0.4, -0.2) is 62.8 Å². The number of benzene rings is 2. The summed E-state index contributed by atoms with van der Waals surface area (Å²) < 4.78 is 20.7. The Hall–Kier alpha value is -3.00. The van der Waals surface area contributed by atoms with Gasteiger partial charge in [-0.15, -0.1) is 0 Å². The average molecular weight is 759 g/mol. The fourth-order valence-corrected chi connectivity index (χ4v) is 6.66. The van der Waals surface area contributed by atoms with Crippen molar-refractivity contribution in [2.45, 2.75) is 59.0 Å². The number of hydrogen-bond donors (Lipinski definition) is 0. The molecule has 246 valence electrons. The molecule has 0 aliphatic carbocycles. The molecular formula is C35H43IN4O5S. The van der Waals surface area contributed by atoms with Gasteiger partial charge in [0.2, 0.25) is 0 Å². The minimum absolute atomic E-state index is 0.0928. The first kappa shape index (κ1) is 34.3. The average Bonchev–Trinajstić information content (AvgIpc) is 3.43. The van der Waals surface area contributed by atoms with E-state index < -0.39 is 5.60 Å². The lowest BCUT2D eigenvalue weighted by atomic mass is 9.95. The Kier molecular flexibility index (Phi) is 11.1. The quantitative estimate of drug-likeness (QED) is 0.119. The van der Waals surface area contributed by atoms with Crippen LogP contribution in [-0.2, 0) is 20.7 Å². The summed E-state index contributed by atoms with van der Waals surface area (Å²) in [7, 11) is 1.77. The number of halogens is 1. The molecule has 1 fully saturated rings. The molecule has 5 rings (SSSR count). The first-order chi connectivity index (χ1) is 21.9. The summed E-state index contributed by atoms with van der Waals surface area (Å²) in [5, 5.41) is 0.843. The van der Waals surface area contributed by atoms with E-state index in [0.29, 0.717) is 24.5 Å². The lowest BCUT2D eigenvalue weighted by Gasteiger charge is -2.35. The zero-order valence-corrected chi connectivity index (χ0v) is 30.4. The van der Waals surface area contributed by atoms with Gasteiger partial charge in [-0.1, -0.05) is 32.0 Å². The predicted octanol–water partition coefficient (Wildman–Crippen LogP) is 8.19. The second kappa shape index (κ2) is 14.8. The largest absolute Gasteiger partial charge is 0.457 e. The SMILES string of the molecule is CC(C)c1ccc(Oc2cccc(CCCN3CCN(C(=O)OC(C)(C)C)CC3)c2)c(-c2cn(C)c(=O)c3c2ccn3SOI)c1. The van der Waals surface area contributed by atoms with Crippen LogP contribution >= 0.6 is 35.2 Å². The molecule has 2 aromatic heterocycles. The summed E-state index contributed by atoms with van der Waals surface area (Å²) in [5.41, 5.74) is 4.25. The third-order valence-corrected chi connectivity index (χ3v) is 9.15. The lowest BCUT2D eigenvalue weighted by Crippen LogP contribution is -2.50. The fourth-order valence-electron chi connectivity index (χ4n) is 5.72. The molecule has 0 spiro atoms. The number of pyridine rings is 1. The predicted molar refractivity (Wildman–Crippen MR) is 194 cm³/mol. The zero-order chi connectivity index (χ0) is 33.0. The maximum Gasteiger partial charge on any atom is 0.410 e. The molecule has 2 aromatic carbocycles. The van der Waals surface area contributed by atoms with Gasteiger partial charge in [0.05, 0.1) is 0 Å². The molecule has 0 N–H and O–H groups in total. The van der Waals surface area contributed by atoms with E-state index in [1.54, 1.807) is 20.5 Å². The first-order valence-electron chi connectivity index (χ1n) is 15.7. The van der Waals surface area contributed by atoms with E-state index in [4.69, 9.17) is 12.0 Å². The minimum Gasteiger partial charge on any atom is -0.457 e. The highest BCUT2D eigenvalue weighted by Gasteiger charge is 2.25. The number of nitrogens with zero attached hydrogens (tertiary/aromatic N) is 4. The molecule has 4 aromatic rings. The highest BCUT2D eigenvalue weighted by atomic mass is 127. The Morgan fingerprint density at radius 2 is 1.78 bits per heavy atom. The molecule has 9 nitrogen and oxygen atoms in total. The summed E-state index contributed by atoms with van der Waals surface area (Å²) in [5.74, 6) is 1.83. The fraction of sp³-hybridized carbons (Fsp3) is 0.429. The van der Waals surface area contributed by atoms with Crippen LogP contribution in [0.2, 0.25) is 0 Å². The highest BCUT2D eigenvalue weighted by Crippen LogP contribution is 2.39. The van der Waals surface area contributed by atoms with Crippen molar-refractivity contribution in [3.63, 3.8) is 0 Å². The lowest BCUT2D eigenvalue weighted by molar-refractivity contribution is 0.0144. The second-order valence-electron chi connectivity index (χ2n) is 13.1. The Morgan fingerprint density at radius 1 is 1.02 bits per heavy atom. The number of carbonyl (C=O) groups excluding carboxylic acids is 1. The van der Waals surface area contributed by atoms with E-state index in [1.165, 1.54) is 11.1 Å². The van der Waals surface area contributed by atoms with Crippen LogP contribution in [0.3, 0.4) is 0 Å². The van der Waals surface area contributed by atoms with Crippen molar-refractivity contribution in [3.05, 3.63) is 82.4 Å². The summed E-state index contributed by atoms with van der Waals surface area (Å²) in [4.78, 5) is 29.8. The van der Waals surface area contributed by atoms with E-state index in [-0.39, 0.29) is 11.7 Å². The van der Waals surface area contributed by atoms with Gasteiger partial charge in [0.15, 0.2) is 0 Å². The van der Waals surface area contributed by atoms with Crippen LogP contribution in [0.15, 0.2) is 65.7 Å². The van der Waals surface area contributed by atoms with E-state index in [2.05, 4.69) is 43.0 Å². The van der Waals surface area contributed by atoms with Crippen LogP contribution < -0.4 is 10.3 Å². The molecule has 0 unspecified atom stereocenters. The van der Waals surface area contributed by atoms with Gasteiger partial charge >= 0.3 is 6.09 Å². The van der Waals surface area contributed by atoms with Crippen molar-refractivity contribution in [2.24, 2.45) is 7.05 Å². The third-order valence-electron chi connectivity index (χ3n) is 8.15. The number of rotatable bonds is 10. The Bertz CT molecular complexity index is 1740. The topological polar surface area (TPSA) is 78.2 Å². The molecule has 1 saturated heterocycles. The van der Waals surface area contributed by atoms with Crippen LogP contribution in [0.1, 0.15) is 58.1 Å². The van der Waals surface area contributed by atoms with Crippen LogP contribution in [0.25, 0.3) is 22.0 Å². The van der Waals surface area contributed by atoms with Crippen molar-refractivity contribution in [1.82, 2.24) is 18.3 Å². The zero-order valence-electron chi connectivity index (χ0n) is 27.4. The van der Waals surface area contributed by atoms with E-state index in [0.717, 1.165) is 72.7 Å². The van der Waals surface area contributed by atoms with Gasteiger partial charge < -0.3 is 18.9 Å². The highest BCUT2D eigenvalue weighted by molar-refractivity contribution is 14.1. The minimum atomic E-state index is -0.477. The summed E-state index contributed by atoms with van der Waals surface area (Å²) >= 11 is 2.92. The molecule has 0 radical (unpaired) electrons. The van der Waals surface area contributed by atoms with Crippen molar-refractivity contribution in [2.75, 3.05) is 32.7 Å². The van der Waals surface area contributed by atoms with Crippen LogP contribution in [0, 0.1) is 0 Å². The Morgan fingerprint density at radius 3 is 2.48 bits per heavy atom. The van der Waals surface area contributed by atoms with Crippen molar-refractivity contribution in [3.8, 4) is 22.6 Å². The number of amides is 1. The smallest absolute Gasteiger partial charge is 0.410 e. The molecule has 0 atom stereocenters. The molecular weight excluding hydrogens is 715 g/mol. The molecule has 0 saturated carbocycles. The maximum atomic E-state index is 13.1. The molecule has 46 heavy (non-hydrogen) atoms. The monoisotopic (exact) mass is 758 g/mol. The van der Waals surface area contributed by atoms with Gasteiger partial charge in [0.25, 0.3) is 5.56 Å². The van der Waals surface area contributed by atoms with Gasteiger partial charge in [-0.05, 0) is 87.5 Å². The Balaban J connectivity index is 1.30. The van der Waals surface area contributed by atoms with Crippen LogP contribution in [0.5, 0.6) is 11.5 Å². The van der Waals surface area contributed by atoms with E-state index >= 15 is 0 Å². The molecule has 0 bridgehead atoms. The summed E-state index contributed by atoms with van der Waals surface area (Å²) in [6.45, 7) is 14.1. The summed E-state index contributed by atoms with van der Waals surface area (Å²) in [6, 6.07) is 16.6. The molecule has 1 aliphatic heterocycles. The van der Waals surface area contributed by atoms with Crippen molar-refractivity contribution >= 4 is 52.2 Å². The van der Waals surface area contributed by atoms with Gasteiger partial charge in [-0.3, -0.25) is 13.7 Å². The van der Waals surface area contributed by atoms with Crippen molar-refractivity contribution < 1.29 is 16.8 Å². The third kappa shape index (κ3) is 8.28. The number of piperazine rings is 1. The van der Waals surface area contributed by atoms with Gasteiger partial charge in [-0.25, -0.2) is 7.31 Å². The van der Waals surface area contributed by atoms with Crippen molar-refractivity contribution in [1.29, 1.82) is 0 Å². The standard InChI is InChI=1S/C35H43IN4O5S/c1-24(2)26-12-13-31(29(22-26)30-23-37(6)33(41)32-28(30)14-16-40(32)46-45-36)43-27-11-7-9-25(21-27)10-8-15-38-17-19-39(20-18-38)34(42)44-35(3,4)5/h7,9,11-14,16,21-24H,8,10,15,17-20H2,1-6H3. The number of aryl methyl sites for hydroxylation is 2. The normalized spacial score (nSPS) is 14.3. The van der Waals surface area contributed by atoms with Crippen LogP contribution in [0.4, 0.5) is 4.79 Å².